The fraction of sp³-hybridized carbons (Fsp3) is 0.300. The first-order valence-corrected chi connectivity index (χ1v) is 8.39. The van der Waals surface area contributed by atoms with E-state index in [4.69, 9.17) is 0 Å². The Balaban J connectivity index is 1.58. The number of nitrogens with zero attached hydrogens (tertiary/aromatic N) is 1. The van der Waals surface area contributed by atoms with Crippen LogP contribution in [0.3, 0.4) is 0 Å². The molecule has 124 valence electrons. The zero-order chi connectivity index (χ0) is 16.9. The maximum Gasteiger partial charge on any atom is 0.251 e. The van der Waals surface area contributed by atoms with Gasteiger partial charge in [-0.3, -0.25) is 9.59 Å². The van der Waals surface area contributed by atoms with Crippen LogP contribution in [-0.2, 0) is 4.79 Å². The third-order valence-corrected chi connectivity index (χ3v) is 4.45. The molecule has 0 aliphatic carbocycles. The van der Waals surface area contributed by atoms with Crippen molar-refractivity contribution in [1.29, 1.82) is 0 Å². The highest BCUT2D eigenvalue weighted by Gasteiger charge is 2.21. The minimum Gasteiger partial charge on any atom is -0.351 e. The van der Waals surface area contributed by atoms with Gasteiger partial charge in [-0.15, -0.1) is 0 Å². The highest BCUT2D eigenvalue weighted by molar-refractivity contribution is 5.97. The van der Waals surface area contributed by atoms with Crippen molar-refractivity contribution in [3.8, 4) is 0 Å². The molecule has 0 bridgehead atoms. The Morgan fingerprint density at radius 2 is 1.83 bits per heavy atom. The molecule has 1 atom stereocenters. The number of amides is 2. The van der Waals surface area contributed by atoms with E-state index in [2.05, 4.69) is 24.4 Å². The molecule has 0 unspecified atom stereocenters. The summed E-state index contributed by atoms with van der Waals surface area (Å²) in [6.45, 7) is 3.45. The number of nitrogens with one attached hydrogen (secondary N) is 1. The first-order chi connectivity index (χ1) is 11.6. The third-order valence-electron chi connectivity index (χ3n) is 4.45. The van der Waals surface area contributed by atoms with Gasteiger partial charge in [-0.2, -0.15) is 0 Å². The number of carbonyl (C=O) groups excluding carboxylic acids is 2. The molecule has 1 aliphatic rings. The number of hydrogen-bond acceptors (Lipinski definition) is 2. The van der Waals surface area contributed by atoms with Crippen molar-refractivity contribution in [2.75, 3.05) is 18.0 Å². The van der Waals surface area contributed by atoms with Gasteiger partial charge in [-0.1, -0.05) is 37.3 Å². The summed E-state index contributed by atoms with van der Waals surface area (Å²) in [5.41, 5.74) is 2.69. The lowest BCUT2D eigenvalue weighted by molar-refractivity contribution is -0.117. The number of hydrogen-bond donors (Lipinski definition) is 1. The summed E-state index contributed by atoms with van der Waals surface area (Å²) in [5, 5.41) is 2.98. The van der Waals surface area contributed by atoms with E-state index in [1.165, 1.54) is 5.56 Å². The Morgan fingerprint density at radius 3 is 2.46 bits per heavy atom. The van der Waals surface area contributed by atoms with Crippen LogP contribution in [0.1, 0.15) is 41.6 Å². The quantitative estimate of drug-likeness (QED) is 0.918. The monoisotopic (exact) mass is 322 g/mol. The summed E-state index contributed by atoms with van der Waals surface area (Å²) in [6.07, 6.45) is 1.51. The van der Waals surface area contributed by atoms with E-state index in [-0.39, 0.29) is 17.7 Å². The lowest BCUT2D eigenvalue weighted by Gasteiger charge is -2.16. The summed E-state index contributed by atoms with van der Waals surface area (Å²) < 4.78 is 0. The molecule has 2 amide bonds. The summed E-state index contributed by atoms with van der Waals surface area (Å²) in [5.74, 6) is 0.331. The maximum atomic E-state index is 12.3. The molecule has 0 saturated carbocycles. The molecule has 24 heavy (non-hydrogen) atoms. The summed E-state index contributed by atoms with van der Waals surface area (Å²) in [4.78, 5) is 25.8. The first kappa shape index (κ1) is 16.2. The van der Waals surface area contributed by atoms with Crippen LogP contribution >= 0.6 is 0 Å². The van der Waals surface area contributed by atoms with Gasteiger partial charge in [0.1, 0.15) is 0 Å². The number of anilines is 1. The second kappa shape index (κ2) is 7.30. The van der Waals surface area contributed by atoms with Gasteiger partial charge in [0.2, 0.25) is 5.91 Å². The van der Waals surface area contributed by atoms with Crippen LogP contribution in [-0.4, -0.2) is 24.9 Å². The maximum absolute atomic E-state index is 12.3. The fourth-order valence-electron chi connectivity index (χ4n) is 2.96. The molecule has 1 fully saturated rings. The smallest absolute Gasteiger partial charge is 0.251 e. The van der Waals surface area contributed by atoms with Crippen LogP contribution in [0, 0.1) is 0 Å². The van der Waals surface area contributed by atoms with Crippen molar-refractivity contribution in [2.45, 2.75) is 25.7 Å². The van der Waals surface area contributed by atoms with Crippen LogP contribution in [0.2, 0.25) is 0 Å². The standard InChI is InChI=1S/C20H22N2O2/c1-15(16-6-3-2-4-7-16)14-21-20(24)17-9-11-18(12-10-17)22-13-5-8-19(22)23/h2-4,6-7,9-12,15H,5,8,13-14H2,1H3,(H,21,24)/t15-/m1/s1. The minimum absolute atomic E-state index is 0.0860. The van der Waals surface area contributed by atoms with Crippen molar-refractivity contribution in [3.63, 3.8) is 0 Å². The second-order valence-corrected chi connectivity index (χ2v) is 6.22. The molecule has 1 aliphatic heterocycles. The molecule has 4 heteroatoms. The van der Waals surface area contributed by atoms with E-state index in [1.54, 1.807) is 17.0 Å². The molecule has 1 saturated heterocycles. The average molecular weight is 322 g/mol. The number of benzene rings is 2. The van der Waals surface area contributed by atoms with Crippen molar-refractivity contribution < 1.29 is 9.59 Å². The van der Waals surface area contributed by atoms with Crippen molar-refractivity contribution >= 4 is 17.5 Å². The van der Waals surface area contributed by atoms with E-state index in [1.807, 2.05) is 30.3 Å². The average Bonchev–Trinajstić information content (AvgIpc) is 3.06. The molecular formula is C20H22N2O2. The predicted octanol–water partition coefficient (Wildman–Crippen LogP) is 3.35. The Labute approximate surface area is 142 Å². The lowest BCUT2D eigenvalue weighted by Crippen LogP contribution is -2.28. The van der Waals surface area contributed by atoms with Gasteiger partial charge in [0.05, 0.1) is 0 Å². The normalized spacial score (nSPS) is 15.4. The van der Waals surface area contributed by atoms with E-state index < -0.39 is 0 Å². The summed E-state index contributed by atoms with van der Waals surface area (Å²) in [7, 11) is 0. The fourth-order valence-corrected chi connectivity index (χ4v) is 2.96. The topological polar surface area (TPSA) is 49.4 Å². The van der Waals surface area contributed by atoms with Gasteiger partial charge in [0.25, 0.3) is 5.91 Å². The molecule has 2 aromatic rings. The molecule has 0 spiro atoms. The van der Waals surface area contributed by atoms with E-state index >= 15 is 0 Å². The van der Waals surface area contributed by atoms with E-state index in [0.29, 0.717) is 18.5 Å². The van der Waals surface area contributed by atoms with Gasteiger partial charge in [0.15, 0.2) is 0 Å². The Morgan fingerprint density at radius 1 is 1.12 bits per heavy atom. The zero-order valence-corrected chi connectivity index (χ0v) is 13.9. The molecule has 4 nitrogen and oxygen atoms in total. The zero-order valence-electron chi connectivity index (χ0n) is 13.9. The van der Waals surface area contributed by atoms with Gasteiger partial charge in [-0.25, -0.2) is 0 Å². The first-order valence-electron chi connectivity index (χ1n) is 8.39. The Bertz CT molecular complexity index is 710. The van der Waals surface area contributed by atoms with Crippen LogP contribution < -0.4 is 10.2 Å². The van der Waals surface area contributed by atoms with Gasteiger partial charge in [-0.05, 0) is 42.2 Å². The van der Waals surface area contributed by atoms with Crippen molar-refractivity contribution in [3.05, 3.63) is 65.7 Å². The van der Waals surface area contributed by atoms with Crippen LogP contribution in [0.15, 0.2) is 54.6 Å². The summed E-state index contributed by atoms with van der Waals surface area (Å²) >= 11 is 0. The van der Waals surface area contributed by atoms with Gasteiger partial charge < -0.3 is 10.2 Å². The predicted molar refractivity (Wildman–Crippen MR) is 95.2 cm³/mol. The number of carbonyl (C=O) groups is 2. The Hall–Kier alpha value is -2.62. The van der Waals surface area contributed by atoms with Crippen LogP contribution in [0.4, 0.5) is 5.69 Å². The largest absolute Gasteiger partial charge is 0.351 e. The highest BCUT2D eigenvalue weighted by atomic mass is 16.2. The van der Waals surface area contributed by atoms with Crippen molar-refractivity contribution in [2.24, 2.45) is 0 Å². The SMILES string of the molecule is C[C@H](CNC(=O)c1ccc(N2CCCC2=O)cc1)c1ccccc1. The third kappa shape index (κ3) is 3.65. The Kier molecular flexibility index (Phi) is 4.94. The van der Waals surface area contributed by atoms with Gasteiger partial charge >= 0.3 is 0 Å². The molecule has 0 radical (unpaired) electrons. The molecule has 2 aromatic carbocycles. The number of rotatable bonds is 5. The summed E-state index contributed by atoms with van der Waals surface area (Å²) in [6, 6.07) is 17.4. The minimum atomic E-state index is -0.0860. The lowest BCUT2D eigenvalue weighted by atomic mass is 10.0. The second-order valence-electron chi connectivity index (χ2n) is 6.22. The van der Waals surface area contributed by atoms with Gasteiger partial charge in [0, 0.05) is 30.8 Å². The molecular weight excluding hydrogens is 300 g/mol. The van der Waals surface area contributed by atoms with Crippen molar-refractivity contribution in [1.82, 2.24) is 5.32 Å². The van der Waals surface area contributed by atoms with Crippen LogP contribution in [0.5, 0.6) is 0 Å². The molecule has 1 heterocycles. The molecule has 3 rings (SSSR count). The highest BCUT2D eigenvalue weighted by Crippen LogP contribution is 2.21. The van der Waals surface area contributed by atoms with Crippen LogP contribution in [0.25, 0.3) is 0 Å². The van der Waals surface area contributed by atoms with E-state index in [9.17, 15) is 9.59 Å². The van der Waals surface area contributed by atoms with E-state index in [0.717, 1.165) is 18.7 Å². The molecule has 0 aromatic heterocycles. The molecule has 1 N–H and O–H groups in total.